The van der Waals surface area contributed by atoms with Crippen LogP contribution >= 0.6 is 0 Å². The summed E-state index contributed by atoms with van der Waals surface area (Å²) in [5.41, 5.74) is 2.31. The molecule has 3 heterocycles. The molecule has 5 rings (SSSR count). The Balaban J connectivity index is 1.21. The number of ether oxygens (including phenoxy) is 1. The Morgan fingerprint density at radius 1 is 1.03 bits per heavy atom. The van der Waals surface area contributed by atoms with E-state index < -0.39 is 12.5 Å². The number of rotatable bonds is 5. The summed E-state index contributed by atoms with van der Waals surface area (Å²) in [5, 5.41) is 0. The molecule has 0 N–H and O–H groups in total. The van der Waals surface area contributed by atoms with Crippen molar-refractivity contribution in [3.05, 3.63) is 72.4 Å². The number of piperidine rings is 1. The Bertz CT molecular complexity index is 1250. The molecule has 0 spiro atoms. The van der Waals surface area contributed by atoms with Crippen molar-refractivity contribution in [3.63, 3.8) is 0 Å². The van der Waals surface area contributed by atoms with Gasteiger partial charge in [0.15, 0.2) is 0 Å². The molecule has 1 fully saturated rings. The lowest BCUT2D eigenvalue weighted by Gasteiger charge is -2.32. The molecule has 0 atom stereocenters. The van der Waals surface area contributed by atoms with Crippen molar-refractivity contribution in [2.75, 3.05) is 24.5 Å². The van der Waals surface area contributed by atoms with Crippen molar-refractivity contribution in [3.8, 4) is 0 Å². The van der Waals surface area contributed by atoms with Crippen LogP contribution in [0.3, 0.4) is 0 Å². The number of aromatic nitrogens is 3. The molecular formula is C24H24N4O2. The van der Waals surface area contributed by atoms with Crippen molar-refractivity contribution >= 4 is 28.6 Å². The Hall–Kier alpha value is -3.41. The largest absolute Gasteiger partial charge is 0.462 e. The first-order valence-corrected chi connectivity index (χ1v) is 10.3. The highest BCUT2D eigenvalue weighted by atomic mass is 16.5. The van der Waals surface area contributed by atoms with Crippen LogP contribution < -0.4 is 4.90 Å². The monoisotopic (exact) mass is 402 g/mol. The molecule has 1 aliphatic rings. The normalized spacial score (nSPS) is 16.5. The summed E-state index contributed by atoms with van der Waals surface area (Å²) >= 11 is 0. The summed E-state index contributed by atoms with van der Waals surface area (Å²) in [6, 6.07) is 18.5. The van der Waals surface area contributed by atoms with E-state index in [9.17, 15) is 4.79 Å². The lowest BCUT2D eigenvalue weighted by molar-refractivity contribution is 0.0477. The molecule has 1 aliphatic heterocycles. The topological polar surface area (TPSA) is 59.7 Å². The molecule has 2 aromatic heterocycles. The maximum atomic E-state index is 12.2. The maximum Gasteiger partial charge on any atom is 0.338 e. The summed E-state index contributed by atoms with van der Waals surface area (Å²) in [5.74, 6) is 1.07. The van der Waals surface area contributed by atoms with Gasteiger partial charge in [-0.3, -0.25) is 4.40 Å². The number of carbonyl (C=O) groups is 1. The summed E-state index contributed by atoms with van der Waals surface area (Å²) < 4.78 is 23.5. The van der Waals surface area contributed by atoms with Crippen LogP contribution in [0.25, 0.3) is 16.8 Å². The summed E-state index contributed by atoms with van der Waals surface area (Å²) in [6.45, 7) is -0.444. The minimum absolute atomic E-state index is 0.141. The van der Waals surface area contributed by atoms with E-state index in [4.69, 9.17) is 12.5 Å². The van der Waals surface area contributed by atoms with Crippen molar-refractivity contribution in [1.29, 1.82) is 0 Å². The number of esters is 1. The van der Waals surface area contributed by atoms with Crippen LogP contribution in [-0.2, 0) is 4.74 Å². The number of imidazole rings is 1. The lowest BCUT2D eigenvalue weighted by Crippen LogP contribution is -2.34. The SMILES string of the molecule is [2H]C([2H])(CC1CCN(c2ccn3c(n2)nc2ccccc23)CC1)OC(=O)c1ccccc1. The van der Waals surface area contributed by atoms with E-state index in [1.54, 1.807) is 30.3 Å². The fourth-order valence-corrected chi connectivity index (χ4v) is 3.94. The van der Waals surface area contributed by atoms with Gasteiger partial charge in [-0.1, -0.05) is 30.3 Å². The molecule has 0 unspecified atom stereocenters. The molecule has 6 heteroatoms. The Labute approximate surface area is 177 Å². The summed E-state index contributed by atoms with van der Waals surface area (Å²) in [6.07, 6.45) is 3.82. The molecule has 2 aromatic carbocycles. The second kappa shape index (κ2) is 8.14. The number of hydrogen-bond donors (Lipinski definition) is 0. The molecule has 0 saturated carbocycles. The average molecular weight is 402 g/mol. The Morgan fingerprint density at radius 2 is 1.80 bits per heavy atom. The van der Waals surface area contributed by atoms with Crippen molar-refractivity contribution < 1.29 is 12.3 Å². The van der Waals surface area contributed by atoms with Gasteiger partial charge in [-0.05, 0) is 55.5 Å². The van der Waals surface area contributed by atoms with Crippen molar-refractivity contribution in [2.24, 2.45) is 5.92 Å². The highest BCUT2D eigenvalue weighted by Crippen LogP contribution is 2.25. The number of fused-ring (bicyclic) bond motifs is 3. The van der Waals surface area contributed by atoms with Gasteiger partial charge in [0.1, 0.15) is 5.82 Å². The molecule has 152 valence electrons. The molecule has 4 aromatic rings. The van der Waals surface area contributed by atoms with E-state index in [0.717, 1.165) is 42.8 Å². The van der Waals surface area contributed by atoms with Gasteiger partial charge in [0.25, 0.3) is 0 Å². The number of carbonyl (C=O) groups excluding carboxylic acids is 1. The van der Waals surface area contributed by atoms with Crippen LogP contribution in [-0.4, -0.2) is 40.0 Å². The fraction of sp³-hybridized carbons (Fsp3) is 0.292. The Morgan fingerprint density at radius 3 is 2.63 bits per heavy atom. The first-order chi connectivity index (χ1) is 15.5. The van der Waals surface area contributed by atoms with Crippen molar-refractivity contribution in [2.45, 2.75) is 19.3 Å². The van der Waals surface area contributed by atoms with E-state index in [-0.39, 0.29) is 12.3 Å². The van der Waals surface area contributed by atoms with Gasteiger partial charge in [0, 0.05) is 19.3 Å². The minimum atomic E-state index is -1.99. The maximum absolute atomic E-state index is 12.2. The predicted octanol–water partition coefficient (Wildman–Crippen LogP) is 4.35. The third-order valence-corrected chi connectivity index (χ3v) is 5.65. The number of benzene rings is 2. The van der Waals surface area contributed by atoms with Gasteiger partial charge < -0.3 is 9.64 Å². The van der Waals surface area contributed by atoms with Gasteiger partial charge in [0.2, 0.25) is 5.78 Å². The molecule has 0 aliphatic carbocycles. The number of hydrogen-bond acceptors (Lipinski definition) is 5. The van der Waals surface area contributed by atoms with E-state index in [0.29, 0.717) is 11.3 Å². The standard InChI is InChI=1S/C24H24N4O2/c29-23(19-6-2-1-3-7-19)30-17-13-18-10-14-27(15-11-18)22-12-16-28-21-9-5-4-8-20(21)25-24(28)26-22/h1-9,12,16,18H,10-11,13-15,17H2/i17D2. The molecule has 0 radical (unpaired) electrons. The van der Waals surface area contributed by atoms with Crippen LogP contribution in [0.15, 0.2) is 66.9 Å². The Kier molecular flexibility index (Phi) is 4.45. The van der Waals surface area contributed by atoms with Crippen molar-refractivity contribution in [1.82, 2.24) is 14.4 Å². The molecule has 6 nitrogen and oxygen atoms in total. The van der Waals surface area contributed by atoms with Gasteiger partial charge >= 0.3 is 5.97 Å². The lowest BCUT2D eigenvalue weighted by atomic mass is 9.94. The van der Waals surface area contributed by atoms with Crippen LogP contribution in [0.5, 0.6) is 0 Å². The second-order valence-corrected chi connectivity index (χ2v) is 7.59. The smallest absolute Gasteiger partial charge is 0.338 e. The molecular weight excluding hydrogens is 376 g/mol. The number of anilines is 1. The summed E-state index contributed by atoms with van der Waals surface area (Å²) in [7, 11) is 0. The zero-order valence-electron chi connectivity index (χ0n) is 18.6. The molecule has 0 amide bonds. The zero-order valence-corrected chi connectivity index (χ0v) is 16.6. The molecule has 30 heavy (non-hydrogen) atoms. The fourth-order valence-electron chi connectivity index (χ4n) is 3.94. The third kappa shape index (κ3) is 3.73. The second-order valence-electron chi connectivity index (χ2n) is 7.59. The van der Waals surface area contributed by atoms with Crippen LogP contribution in [0.2, 0.25) is 0 Å². The van der Waals surface area contributed by atoms with Gasteiger partial charge in [-0.25, -0.2) is 9.78 Å². The highest BCUT2D eigenvalue weighted by molar-refractivity contribution is 5.89. The molecule has 1 saturated heterocycles. The van der Waals surface area contributed by atoms with Gasteiger partial charge in [-0.15, -0.1) is 0 Å². The van der Waals surface area contributed by atoms with E-state index >= 15 is 0 Å². The third-order valence-electron chi connectivity index (χ3n) is 5.65. The van der Waals surface area contributed by atoms with Crippen LogP contribution in [0, 0.1) is 5.92 Å². The highest BCUT2D eigenvalue weighted by Gasteiger charge is 2.21. The molecule has 0 bridgehead atoms. The van der Waals surface area contributed by atoms with Crippen LogP contribution in [0.4, 0.5) is 5.82 Å². The number of para-hydroxylation sites is 2. The van der Waals surface area contributed by atoms with Crippen LogP contribution in [0.1, 0.15) is 32.4 Å². The van der Waals surface area contributed by atoms with E-state index in [2.05, 4.69) is 9.88 Å². The average Bonchev–Trinajstić information content (AvgIpc) is 3.17. The van der Waals surface area contributed by atoms with Gasteiger partial charge in [0.05, 0.1) is 25.9 Å². The van der Waals surface area contributed by atoms with E-state index in [1.165, 1.54) is 0 Å². The zero-order chi connectivity index (χ0) is 22.1. The quantitative estimate of drug-likeness (QED) is 0.465. The van der Waals surface area contributed by atoms with Gasteiger partial charge in [-0.2, -0.15) is 4.98 Å². The number of nitrogens with zero attached hydrogens (tertiary/aromatic N) is 4. The first kappa shape index (κ1) is 16.4. The predicted molar refractivity (Wildman–Crippen MR) is 117 cm³/mol. The summed E-state index contributed by atoms with van der Waals surface area (Å²) in [4.78, 5) is 23.8. The minimum Gasteiger partial charge on any atom is -0.462 e. The van der Waals surface area contributed by atoms with E-state index in [1.807, 2.05) is 40.9 Å². The first-order valence-electron chi connectivity index (χ1n) is 11.3.